The summed E-state index contributed by atoms with van der Waals surface area (Å²) < 4.78 is 26.4. The summed E-state index contributed by atoms with van der Waals surface area (Å²) in [5.41, 5.74) is 0.279. The Bertz CT molecular complexity index is 670. The summed E-state index contributed by atoms with van der Waals surface area (Å²) in [6.07, 6.45) is 0.735. The number of carbonyl (C=O) groups excluding carboxylic acids is 1. The van der Waals surface area contributed by atoms with E-state index in [0.29, 0.717) is 11.7 Å². The average Bonchev–Trinajstić information content (AvgIpc) is 3.00. The minimum atomic E-state index is -0.678. The lowest BCUT2D eigenvalue weighted by Crippen LogP contribution is -2.23. The summed E-state index contributed by atoms with van der Waals surface area (Å²) in [5.74, 6) is -1.04. The molecule has 1 aromatic heterocycles. The molecule has 1 amide bonds. The molecule has 1 saturated heterocycles. The van der Waals surface area contributed by atoms with E-state index in [2.05, 4.69) is 15.2 Å². The lowest BCUT2D eigenvalue weighted by molar-refractivity contribution is -0.126. The van der Waals surface area contributed by atoms with Crippen LogP contribution >= 0.6 is 11.8 Å². The second kappa shape index (κ2) is 5.44. The van der Waals surface area contributed by atoms with E-state index in [1.54, 1.807) is 11.9 Å². The summed E-state index contributed by atoms with van der Waals surface area (Å²) in [6.45, 7) is 0.711. The van der Waals surface area contributed by atoms with Crippen molar-refractivity contribution < 1.29 is 13.6 Å². The molecule has 2 heterocycles. The SMILES string of the molecule is CN1CCC(Sc2n[nH]c(-c3cc(F)cc(F)c3)n2)C1=O. The number of aromatic amines is 1. The molecule has 1 fully saturated rings. The fourth-order valence-corrected chi connectivity index (χ4v) is 3.15. The van der Waals surface area contributed by atoms with Crippen LogP contribution in [0.1, 0.15) is 6.42 Å². The molecule has 8 heteroatoms. The van der Waals surface area contributed by atoms with Crippen molar-refractivity contribution in [2.75, 3.05) is 13.6 Å². The van der Waals surface area contributed by atoms with Crippen LogP contribution in [0.25, 0.3) is 11.4 Å². The maximum atomic E-state index is 13.2. The van der Waals surface area contributed by atoms with E-state index in [9.17, 15) is 13.6 Å². The van der Waals surface area contributed by atoms with E-state index in [1.807, 2.05) is 0 Å². The second-order valence-corrected chi connectivity index (χ2v) is 5.95. The van der Waals surface area contributed by atoms with Crippen LogP contribution in [0.4, 0.5) is 8.78 Å². The molecule has 0 spiro atoms. The first kappa shape index (κ1) is 14.0. The van der Waals surface area contributed by atoms with Gasteiger partial charge in [0, 0.05) is 25.2 Å². The third-order valence-electron chi connectivity index (χ3n) is 3.23. The van der Waals surface area contributed by atoms with Gasteiger partial charge in [-0.15, -0.1) is 5.10 Å². The van der Waals surface area contributed by atoms with Gasteiger partial charge in [-0.2, -0.15) is 0 Å². The molecule has 1 unspecified atom stereocenters. The van der Waals surface area contributed by atoms with Crippen LogP contribution in [0.3, 0.4) is 0 Å². The third kappa shape index (κ3) is 2.90. The maximum absolute atomic E-state index is 13.2. The molecule has 1 aromatic carbocycles. The minimum Gasteiger partial charge on any atom is -0.345 e. The Balaban J connectivity index is 1.79. The van der Waals surface area contributed by atoms with Crippen LogP contribution in [-0.2, 0) is 4.79 Å². The summed E-state index contributed by atoms with van der Waals surface area (Å²) in [4.78, 5) is 17.7. The Morgan fingerprint density at radius 2 is 2.05 bits per heavy atom. The summed E-state index contributed by atoms with van der Waals surface area (Å²) in [6, 6.07) is 3.14. The van der Waals surface area contributed by atoms with Crippen molar-refractivity contribution in [3.05, 3.63) is 29.8 Å². The first-order valence-corrected chi connectivity index (χ1v) is 7.21. The zero-order valence-corrected chi connectivity index (χ0v) is 12.0. The lowest BCUT2D eigenvalue weighted by Gasteiger charge is -2.07. The van der Waals surface area contributed by atoms with Crippen LogP contribution in [0.5, 0.6) is 0 Å². The number of hydrogen-bond donors (Lipinski definition) is 1. The van der Waals surface area contributed by atoms with Crippen LogP contribution in [-0.4, -0.2) is 44.8 Å². The predicted molar refractivity (Wildman–Crippen MR) is 73.6 cm³/mol. The number of nitrogens with zero attached hydrogens (tertiary/aromatic N) is 3. The normalized spacial score (nSPS) is 18.5. The first-order valence-electron chi connectivity index (χ1n) is 6.33. The van der Waals surface area contributed by atoms with Gasteiger partial charge in [0.05, 0.1) is 5.25 Å². The molecule has 1 N–H and O–H groups in total. The van der Waals surface area contributed by atoms with Gasteiger partial charge < -0.3 is 4.90 Å². The van der Waals surface area contributed by atoms with Crippen molar-refractivity contribution in [3.63, 3.8) is 0 Å². The molecule has 2 aromatic rings. The van der Waals surface area contributed by atoms with E-state index in [-0.39, 0.29) is 22.5 Å². The van der Waals surface area contributed by atoms with Crippen molar-refractivity contribution in [3.8, 4) is 11.4 Å². The molecule has 0 bridgehead atoms. The highest BCUT2D eigenvalue weighted by Gasteiger charge is 2.31. The van der Waals surface area contributed by atoms with Gasteiger partial charge in [-0.1, -0.05) is 11.8 Å². The van der Waals surface area contributed by atoms with E-state index < -0.39 is 11.6 Å². The smallest absolute Gasteiger partial charge is 0.235 e. The molecule has 0 radical (unpaired) electrons. The maximum Gasteiger partial charge on any atom is 0.235 e. The third-order valence-corrected chi connectivity index (χ3v) is 4.34. The monoisotopic (exact) mass is 310 g/mol. The number of hydrogen-bond acceptors (Lipinski definition) is 4. The largest absolute Gasteiger partial charge is 0.345 e. The number of halogens is 2. The van der Waals surface area contributed by atoms with Crippen LogP contribution in [0.2, 0.25) is 0 Å². The van der Waals surface area contributed by atoms with E-state index in [0.717, 1.165) is 12.5 Å². The standard InChI is InChI=1S/C13H12F2N4OS/c1-19-3-2-10(12(19)20)21-13-16-11(17-18-13)7-4-8(14)6-9(15)5-7/h4-6,10H,2-3H2,1H3,(H,16,17,18). The molecule has 0 aliphatic carbocycles. The number of thioether (sulfide) groups is 1. The van der Waals surface area contributed by atoms with Crippen LogP contribution in [0.15, 0.2) is 23.4 Å². The van der Waals surface area contributed by atoms with Gasteiger partial charge in [-0.25, -0.2) is 13.8 Å². The van der Waals surface area contributed by atoms with Crippen LogP contribution < -0.4 is 0 Å². The van der Waals surface area contributed by atoms with Gasteiger partial charge in [0.15, 0.2) is 5.82 Å². The topological polar surface area (TPSA) is 61.9 Å². The quantitative estimate of drug-likeness (QED) is 0.943. The number of likely N-dealkylation sites (tertiary alicyclic amines) is 1. The molecule has 0 saturated carbocycles. The van der Waals surface area contributed by atoms with Crippen molar-refractivity contribution in [2.45, 2.75) is 16.8 Å². The van der Waals surface area contributed by atoms with E-state index in [4.69, 9.17) is 0 Å². The Hall–Kier alpha value is -1.96. The lowest BCUT2D eigenvalue weighted by atomic mass is 10.2. The number of H-pyrrole nitrogens is 1. The Kier molecular flexibility index (Phi) is 3.62. The number of aromatic nitrogens is 3. The van der Waals surface area contributed by atoms with Gasteiger partial charge in [-0.05, 0) is 18.6 Å². The Morgan fingerprint density at radius 3 is 2.67 bits per heavy atom. The minimum absolute atomic E-state index is 0.0446. The number of carbonyl (C=O) groups is 1. The fraction of sp³-hybridized carbons (Fsp3) is 0.308. The summed E-state index contributed by atoms with van der Waals surface area (Å²) >= 11 is 1.25. The molecular formula is C13H12F2N4OS. The molecule has 1 aliphatic rings. The highest BCUT2D eigenvalue weighted by atomic mass is 32.2. The fourth-order valence-electron chi connectivity index (χ4n) is 2.15. The van der Waals surface area contributed by atoms with Crippen molar-refractivity contribution in [1.82, 2.24) is 20.1 Å². The zero-order valence-electron chi connectivity index (χ0n) is 11.1. The van der Waals surface area contributed by atoms with Gasteiger partial charge >= 0.3 is 0 Å². The van der Waals surface area contributed by atoms with E-state index in [1.165, 1.54) is 23.9 Å². The Labute approximate surface area is 123 Å². The molecule has 5 nitrogen and oxygen atoms in total. The average molecular weight is 310 g/mol. The molecule has 1 aliphatic heterocycles. The molecule has 110 valence electrons. The van der Waals surface area contributed by atoms with Crippen LogP contribution in [0, 0.1) is 11.6 Å². The van der Waals surface area contributed by atoms with Crippen molar-refractivity contribution >= 4 is 17.7 Å². The summed E-state index contributed by atoms with van der Waals surface area (Å²) in [5, 5.41) is 6.81. The predicted octanol–water partition coefficient (Wildman–Crippen LogP) is 2.07. The number of rotatable bonds is 3. The van der Waals surface area contributed by atoms with Gasteiger partial charge in [0.25, 0.3) is 0 Å². The number of benzene rings is 1. The Morgan fingerprint density at radius 1 is 1.33 bits per heavy atom. The van der Waals surface area contributed by atoms with Gasteiger partial charge in [0.1, 0.15) is 11.6 Å². The second-order valence-electron chi connectivity index (χ2n) is 4.78. The number of amides is 1. The highest BCUT2D eigenvalue weighted by Crippen LogP contribution is 2.29. The van der Waals surface area contributed by atoms with Crippen molar-refractivity contribution in [1.29, 1.82) is 0 Å². The molecule has 21 heavy (non-hydrogen) atoms. The highest BCUT2D eigenvalue weighted by molar-refractivity contribution is 8.00. The molecule has 3 rings (SSSR count). The van der Waals surface area contributed by atoms with E-state index >= 15 is 0 Å². The number of nitrogens with one attached hydrogen (secondary N) is 1. The van der Waals surface area contributed by atoms with Crippen molar-refractivity contribution in [2.24, 2.45) is 0 Å². The molecule has 1 atom stereocenters. The summed E-state index contributed by atoms with van der Waals surface area (Å²) in [7, 11) is 1.75. The zero-order chi connectivity index (χ0) is 15.0. The first-order chi connectivity index (χ1) is 10.0. The molecular weight excluding hydrogens is 298 g/mol. The van der Waals surface area contributed by atoms with Gasteiger partial charge in [-0.3, -0.25) is 9.89 Å². The van der Waals surface area contributed by atoms with Gasteiger partial charge in [0.2, 0.25) is 11.1 Å².